The number of ether oxygens (including phenoxy) is 1. The number of H-pyrrole nitrogens is 1. The van der Waals surface area contributed by atoms with Crippen LogP contribution in [0.1, 0.15) is 11.6 Å². The van der Waals surface area contributed by atoms with E-state index in [0.29, 0.717) is 11.3 Å². The number of nitrogens with one attached hydrogen (secondary N) is 1. The summed E-state index contributed by atoms with van der Waals surface area (Å²) in [6.45, 7) is -0.443. The number of aromatic nitrogens is 2. The Balaban J connectivity index is 1.71. The number of nitriles is 1. The molecule has 0 atom stereocenters. The van der Waals surface area contributed by atoms with E-state index in [1.165, 1.54) is 18.4 Å². The average molecular weight is 335 g/mol. The topological polar surface area (TPSA) is 112 Å². The van der Waals surface area contributed by atoms with Crippen molar-refractivity contribution in [3.63, 3.8) is 0 Å². The lowest BCUT2D eigenvalue weighted by molar-refractivity contribution is -0.137. The predicted molar refractivity (Wildman–Crippen MR) is 90.0 cm³/mol. The number of para-hydroxylation sites is 2. The van der Waals surface area contributed by atoms with Crippen LogP contribution in [0.5, 0.6) is 0 Å². The maximum atomic E-state index is 11.6. The van der Waals surface area contributed by atoms with Crippen molar-refractivity contribution < 1.29 is 19.1 Å². The number of carbonyl (C=O) groups excluding carboxylic acids is 1. The van der Waals surface area contributed by atoms with Crippen molar-refractivity contribution in [1.82, 2.24) is 9.97 Å². The normalized spacial score (nSPS) is 12.1. The first-order valence-electron chi connectivity index (χ1n) is 7.33. The van der Waals surface area contributed by atoms with Gasteiger partial charge in [0.1, 0.15) is 24.0 Å². The van der Waals surface area contributed by atoms with E-state index in [0.717, 1.165) is 5.52 Å². The summed E-state index contributed by atoms with van der Waals surface area (Å²) in [5.41, 5.74) is 1.31. The van der Waals surface area contributed by atoms with E-state index in [2.05, 4.69) is 9.97 Å². The summed E-state index contributed by atoms with van der Waals surface area (Å²) in [7, 11) is 0. The third kappa shape index (κ3) is 3.76. The van der Waals surface area contributed by atoms with Crippen LogP contribution in [-0.4, -0.2) is 27.7 Å². The Kier molecular flexibility index (Phi) is 4.62. The molecule has 0 bridgehead atoms. The molecule has 1 aromatic carbocycles. The maximum absolute atomic E-state index is 11.6. The number of benzene rings is 1. The molecule has 0 aliphatic heterocycles. The van der Waals surface area contributed by atoms with Gasteiger partial charge in [0.05, 0.1) is 17.3 Å². The van der Waals surface area contributed by atoms with Gasteiger partial charge in [-0.1, -0.05) is 12.1 Å². The highest BCUT2D eigenvalue weighted by molar-refractivity contribution is 5.87. The molecule has 0 saturated heterocycles. The van der Waals surface area contributed by atoms with Crippen LogP contribution in [0, 0.1) is 11.3 Å². The predicted octanol–water partition coefficient (Wildman–Crippen LogP) is 3.21. The maximum Gasteiger partial charge on any atom is 0.331 e. The lowest BCUT2D eigenvalue weighted by Crippen LogP contribution is -2.06. The van der Waals surface area contributed by atoms with E-state index in [1.807, 2.05) is 18.2 Å². The third-order valence-electron chi connectivity index (χ3n) is 3.30. The first-order valence-corrected chi connectivity index (χ1v) is 7.33. The molecule has 0 amide bonds. The number of furan rings is 1. The first kappa shape index (κ1) is 16.1. The Morgan fingerprint density at radius 3 is 2.92 bits per heavy atom. The molecule has 0 spiro atoms. The Labute approximate surface area is 142 Å². The highest BCUT2D eigenvalue weighted by atomic mass is 16.5. The second-order valence-electron chi connectivity index (χ2n) is 4.99. The molecule has 25 heavy (non-hydrogen) atoms. The first-order chi connectivity index (χ1) is 12.2. The largest absolute Gasteiger partial charge is 0.507 e. The van der Waals surface area contributed by atoms with E-state index in [1.54, 1.807) is 24.3 Å². The molecule has 2 N–H and O–H groups in total. The van der Waals surface area contributed by atoms with Crippen molar-refractivity contribution in [3.8, 4) is 6.07 Å². The van der Waals surface area contributed by atoms with Gasteiger partial charge < -0.3 is 19.2 Å². The minimum absolute atomic E-state index is 0.0842. The van der Waals surface area contributed by atoms with E-state index >= 15 is 0 Å². The number of aliphatic hydroxyl groups is 1. The number of nitrogens with zero attached hydrogens (tertiary/aromatic N) is 2. The van der Waals surface area contributed by atoms with Crippen molar-refractivity contribution in [2.45, 2.75) is 0 Å². The number of hydrogen-bond acceptors (Lipinski definition) is 6. The molecule has 7 nitrogen and oxygen atoms in total. The number of esters is 1. The minimum atomic E-state index is -0.676. The van der Waals surface area contributed by atoms with Gasteiger partial charge in [-0.25, -0.2) is 9.78 Å². The zero-order valence-electron chi connectivity index (χ0n) is 13.0. The second kappa shape index (κ2) is 7.19. The van der Waals surface area contributed by atoms with Crippen molar-refractivity contribution in [2.75, 3.05) is 6.61 Å². The van der Waals surface area contributed by atoms with Gasteiger partial charge in [0.25, 0.3) is 0 Å². The van der Waals surface area contributed by atoms with E-state index in [-0.39, 0.29) is 17.2 Å². The minimum Gasteiger partial charge on any atom is -0.507 e. The fourth-order valence-corrected chi connectivity index (χ4v) is 2.12. The van der Waals surface area contributed by atoms with E-state index < -0.39 is 12.6 Å². The van der Waals surface area contributed by atoms with Crippen LogP contribution in [-0.2, 0) is 9.53 Å². The Bertz CT molecular complexity index is 958. The zero-order valence-corrected chi connectivity index (χ0v) is 13.0. The smallest absolute Gasteiger partial charge is 0.331 e. The SMILES string of the molecule is N#C/C(=C(/O)COC(=O)/C=C/c1ccco1)c1nc2ccccc2[nH]1. The number of imidazole rings is 1. The molecule has 0 aliphatic carbocycles. The summed E-state index contributed by atoms with van der Waals surface area (Å²) in [6.07, 6.45) is 4.08. The molecular formula is C18H13N3O4. The Hall–Kier alpha value is -3.79. The van der Waals surface area contributed by atoms with Crippen molar-refractivity contribution >= 4 is 28.7 Å². The summed E-state index contributed by atoms with van der Waals surface area (Å²) in [5.74, 6) is -0.355. The van der Waals surface area contributed by atoms with Gasteiger partial charge in [0, 0.05) is 6.08 Å². The lowest BCUT2D eigenvalue weighted by Gasteiger charge is -2.03. The monoisotopic (exact) mass is 335 g/mol. The molecule has 2 aromatic heterocycles. The number of carbonyl (C=O) groups is 1. The lowest BCUT2D eigenvalue weighted by atomic mass is 10.2. The van der Waals surface area contributed by atoms with Crippen LogP contribution in [0.15, 0.2) is 58.9 Å². The van der Waals surface area contributed by atoms with E-state index in [4.69, 9.17) is 9.15 Å². The summed E-state index contributed by atoms with van der Waals surface area (Å²) in [4.78, 5) is 18.8. The van der Waals surface area contributed by atoms with Crippen LogP contribution >= 0.6 is 0 Å². The summed E-state index contributed by atoms with van der Waals surface area (Å²) in [5, 5.41) is 19.3. The van der Waals surface area contributed by atoms with Crippen molar-refractivity contribution in [2.24, 2.45) is 0 Å². The van der Waals surface area contributed by atoms with Crippen LogP contribution in [0.25, 0.3) is 22.7 Å². The standard InChI is InChI=1S/C18H13N3O4/c19-10-13(18-20-14-5-1-2-6-15(14)21-18)16(22)11-25-17(23)8-7-12-4-3-9-24-12/h1-9,22H,11H2,(H,20,21)/b8-7+,16-13-. The van der Waals surface area contributed by atoms with Crippen molar-refractivity contribution in [3.05, 3.63) is 66.1 Å². The Morgan fingerprint density at radius 1 is 1.36 bits per heavy atom. The average Bonchev–Trinajstić information content (AvgIpc) is 3.28. The van der Waals surface area contributed by atoms with Crippen LogP contribution < -0.4 is 0 Å². The summed E-state index contributed by atoms with van der Waals surface area (Å²) < 4.78 is 9.96. The van der Waals surface area contributed by atoms with Gasteiger partial charge in [0.15, 0.2) is 11.6 Å². The highest BCUT2D eigenvalue weighted by Crippen LogP contribution is 2.18. The Morgan fingerprint density at radius 2 is 2.20 bits per heavy atom. The van der Waals surface area contributed by atoms with E-state index in [9.17, 15) is 15.2 Å². The molecule has 0 fully saturated rings. The molecule has 3 rings (SSSR count). The molecule has 0 radical (unpaired) electrons. The van der Waals surface area contributed by atoms with Gasteiger partial charge >= 0.3 is 5.97 Å². The molecule has 0 saturated carbocycles. The number of aromatic amines is 1. The quantitative estimate of drug-likeness (QED) is 0.320. The molecule has 0 unspecified atom stereocenters. The van der Waals surface area contributed by atoms with Crippen molar-refractivity contribution in [1.29, 1.82) is 5.26 Å². The number of aliphatic hydroxyl groups excluding tert-OH is 1. The number of hydrogen-bond donors (Lipinski definition) is 2. The summed E-state index contributed by atoms with van der Waals surface area (Å²) >= 11 is 0. The molecule has 7 heteroatoms. The number of rotatable bonds is 5. The van der Waals surface area contributed by atoms with Crippen LogP contribution in [0.3, 0.4) is 0 Å². The van der Waals surface area contributed by atoms with Crippen LogP contribution in [0.4, 0.5) is 0 Å². The van der Waals surface area contributed by atoms with Gasteiger partial charge in [-0.2, -0.15) is 5.26 Å². The van der Waals surface area contributed by atoms with Gasteiger partial charge in [-0.3, -0.25) is 0 Å². The molecule has 124 valence electrons. The molecular weight excluding hydrogens is 322 g/mol. The van der Waals surface area contributed by atoms with Gasteiger partial charge in [-0.05, 0) is 30.3 Å². The van der Waals surface area contributed by atoms with Gasteiger partial charge in [-0.15, -0.1) is 0 Å². The van der Waals surface area contributed by atoms with Gasteiger partial charge in [0.2, 0.25) is 0 Å². The molecule has 2 heterocycles. The number of allylic oxidation sites excluding steroid dienone is 1. The number of fused-ring (bicyclic) bond motifs is 1. The fourth-order valence-electron chi connectivity index (χ4n) is 2.12. The zero-order chi connectivity index (χ0) is 17.6. The summed E-state index contributed by atoms with van der Waals surface area (Å²) in [6, 6.07) is 12.5. The third-order valence-corrected chi connectivity index (χ3v) is 3.30. The molecule has 3 aromatic rings. The van der Waals surface area contributed by atoms with Crippen LogP contribution in [0.2, 0.25) is 0 Å². The molecule has 0 aliphatic rings. The second-order valence-corrected chi connectivity index (χ2v) is 4.99. The highest BCUT2D eigenvalue weighted by Gasteiger charge is 2.14. The fraction of sp³-hybridized carbons (Fsp3) is 0.0556.